The van der Waals surface area contributed by atoms with Crippen molar-refractivity contribution in [3.05, 3.63) is 45.5 Å². The van der Waals surface area contributed by atoms with Gasteiger partial charge in [0.2, 0.25) is 6.54 Å². The van der Waals surface area contributed by atoms with Gasteiger partial charge in [0.05, 0.1) is 0 Å². The van der Waals surface area contributed by atoms with E-state index in [2.05, 4.69) is 18.8 Å². The zero-order valence-corrected chi connectivity index (χ0v) is 11.4. The number of hydrogen-bond donors (Lipinski definition) is 1. The summed E-state index contributed by atoms with van der Waals surface area (Å²) in [6.07, 6.45) is 1.83. The van der Waals surface area contributed by atoms with Gasteiger partial charge in [-0.2, -0.15) is 0 Å². The van der Waals surface area contributed by atoms with Crippen LogP contribution in [0.5, 0.6) is 0 Å². The van der Waals surface area contributed by atoms with Crippen molar-refractivity contribution < 1.29 is 4.92 Å². The lowest BCUT2D eigenvalue weighted by molar-refractivity contribution is -0.496. The van der Waals surface area contributed by atoms with Crippen LogP contribution < -0.4 is 5.73 Å². The molecule has 1 aromatic rings. The van der Waals surface area contributed by atoms with Gasteiger partial charge in [-0.1, -0.05) is 30.9 Å². The van der Waals surface area contributed by atoms with Crippen molar-refractivity contribution in [1.82, 2.24) is 0 Å². The molecular formula is C15H20N2O2. The van der Waals surface area contributed by atoms with Crippen LogP contribution in [0.2, 0.25) is 0 Å². The molecule has 2 atom stereocenters. The normalized spacial score (nSPS) is 13.2. The average molecular weight is 260 g/mol. The van der Waals surface area contributed by atoms with Crippen molar-refractivity contribution in [2.45, 2.75) is 39.3 Å². The van der Waals surface area contributed by atoms with Gasteiger partial charge in [-0.15, -0.1) is 0 Å². The summed E-state index contributed by atoms with van der Waals surface area (Å²) in [6, 6.07) is 7.33. The van der Waals surface area contributed by atoms with Crippen molar-refractivity contribution in [2.24, 2.45) is 11.7 Å². The Bertz CT molecular complexity index is 486. The lowest BCUT2D eigenvalue weighted by atomic mass is 9.98. The molecule has 4 heteroatoms. The Labute approximate surface area is 114 Å². The van der Waals surface area contributed by atoms with E-state index < -0.39 is 0 Å². The Balaban J connectivity index is 2.78. The van der Waals surface area contributed by atoms with E-state index in [-0.39, 0.29) is 23.4 Å². The van der Waals surface area contributed by atoms with Gasteiger partial charge in [-0.05, 0) is 31.9 Å². The molecule has 102 valence electrons. The van der Waals surface area contributed by atoms with Crippen LogP contribution in [0.1, 0.15) is 37.8 Å². The number of nitro groups is 1. The Morgan fingerprint density at radius 1 is 1.47 bits per heavy atom. The van der Waals surface area contributed by atoms with Gasteiger partial charge in [0.25, 0.3) is 0 Å². The molecule has 0 aliphatic heterocycles. The van der Waals surface area contributed by atoms with Crippen LogP contribution in [-0.4, -0.2) is 11.0 Å². The summed E-state index contributed by atoms with van der Waals surface area (Å²) >= 11 is 0. The largest absolute Gasteiger partial charge is 0.328 e. The van der Waals surface area contributed by atoms with Crippen LogP contribution in [-0.2, 0) is 6.54 Å². The zero-order chi connectivity index (χ0) is 14.3. The molecule has 4 nitrogen and oxygen atoms in total. The maximum Gasteiger partial charge on any atom is 0.228 e. The van der Waals surface area contributed by atoms with Crippen LogP contribution in [0.15, 0.2) is 24.3 Å². The lowest BCUT2D eigenvalue weighted by Crippen LogP contribution is -2.18. The van der Waals surface area contributed by atoms with Gasteiger partial charge in [0.1, 0.15) is 0 Å². The van der Waals surface area contributed by atoms with E-state index in [1.165, 1.54) is 0 Å². The predicted molar refractivity (Wildman–Crippen MR) is 76.1 cm³/mol. The van der Waals surface area contributed by atoms with Crippen LogP contribution >= 0.6 is 0 Å². The Morgan fingerprint density at radius 3 is 2.79 bits per heavy atom. The number of nitrogens with two attached hydrogens (primary N) is 1. The standard InChI is InChI=1S/C15H20N2O2/c1-3-13(9-12(2)16)7-8-14-5-4-6-15(10-14)11-17(18)19/h4-6,10,12-13H,3,9,11,16H2,1-2H3. The Hall–Kier alpha value is -1.86. The summed E-state index contributed by atoms with van der Waals surface area (Å²) in [5, 5.41) is 10.5. The summed E-state index contributed by atoms with van der Waals surface area (Å²) in [6.45, 7) is 3.90. The maximum atomic E-state index is 10.5. The van der Waals surface area contributed by atoms with Gasteiger partial charge < -0.3 is 5.73 Å². The molecule has 0 amide bonds. The SMILES string of the molecule is CCC(C#Cc1cccc(C[N+](=O)[O-])c1)CC(C)N. The number of rotatable bonds is 5. The fourth-order valence-electron chi connectivity index (χ4n) is 1.86. The molecule has 1 rings (SSSR count). The minimum absolute atomic E-state index is 0.139. The molecule has 0 spiro atoms. The molecule has 0 aromatic heterocycles. The zero-order valence-electron chi connectivity index (χ0n) is 11.4. The Morgan fingerprint density at radius 2 is 2.21 bits per heavy atom. The first-order valence-corrected chi connectivity index (χ1v) is 6.49. The van der Waals surface area contributed by atoms with Crippen LogP contribution in [0.3, 0.4) is 0 Å². The molecule has 0 fully saturated rings. The summed E-state index contributed by atoms with van der Waals surface area (Å²) in [5.41, 5.74) is 7.27. The van der Waals surface area contributed by atoms with Crippen LogP contribution in [0, 0.1) is 27.9 Å². The highest BCUT2D eigenvalue weighted by atomic mass is 16.6. The van der Waals surface area contributed by atoms with Gasteiger partial charge in [-0.25, -0.2) is 0 Å². The minimum Gasteiger partial charge on any atom is -0.328 e. The molecule has 0 bridgehead atoms. The second-order valence-corrected chi connectivity index (χ2v) is 4.78. The highest BCUT2D eigenvalue weighted by Gasteiger charge is 2.05. The first-order valence-electron chi connectivity index (χ1n) is 6.49. The molecular weight excluding hydrogens is 240 g/mol. The predicted octanol–water partition coefficient (Wildman–Crippen LogP) is 2.58. The van der Waals surface area contributed by atoms with E-state index in [0.29, 0.717) is 5.56 Å². The monoisotopic (exact) mass is 260 g/mol. The van der Waals surface area contributed by atoms with Gasteiger partial charge >= 0.3 is 0 Å². The van der Waals surface area contributed by atoms with E-state index in [1.807, 2.05) is 13.0 Å². The minimum atomic E-state index is -0.336. The first kappa shape index (κ1) is 15.2. The van der Waals surface area contributed by atoms with Gasteiger partial charge in [0, 0.05) is 28.0 Å². The third-order valence-electron chi connectivity index (χ3n) is 2.81. The van der Waals surface area contributed by atoms with E-state index in [4.69, 9.17) is 5.73 Å². The van der Waals surface area contributed by atoms with E-state index in [9.17, 15) is 10.1 Å². The van der Waals surface area contributed by atoms with Crippen molar-refractivity contribution in [1.29, 1.82) is 0 Å². The molecule has 0 radical (unpaired) electrons. The average Bonchev–Trinajstić information content (AvgIpc) is 2.33. The molecule has 2 unspecified atom stereocenters. The van der Waals surface area contributed by atoms with Crippen LogP contribution in [0.25, 0.3) is 0 Å². The van der Waals surface area contributed by atoms with E-state index >= 15 is 0 Å². The lowest BCUT2D eigenvalue weighted by Gasteiger charge is -2.10. The third-order valence-corrected chi connectivity index (χ3v) is 2.81. The molecule has 1 aromatic carbocycles. The molecule has 19 heavy (non-hydrogen) atoms. The van der Waals surface area contributed by atoms with Gasteiger partial charge in [-0.3, -0.25) is 10.1 Å². The quantitative estimate of drug-likeness (QED) is 0.502. The summed E-state index contributed by atoms with van der Waals surface area (Å²) in [5.74, 6) is 6.56. The third kappa shape index (κ3) is 6.03. The molecule has 0 heterocycles. The second kappa shape index (κ2) is 7.55. The molecule has 2 N–H and O–H groups in total. The summed E-state index contributed by atoms with van der Waals surface area (Å²) in [4.78, 5) is 10.1. The molecule has 0 saturated carbocycles. The molecule has 0 aliphatic rings. The smallest absolute Gasteiger partial charge is 0.228 e. The topological polar surface area (TPSA) is 69.2 Å². The number of nitrogens with zero attached hydrogens (tertiary/aromatic N) is 1. The molecule has 0 saturated heterocycles. The summed E-state index contributed by atoms with van der Waals surface area (Å²) < 4.78 is 0. The molecule has 0 aliphatic carbocycles. The first-order chi connectivity index (χ1) is 9.01. The van der Waals surface area contributed by atoms with Crippen molar-refractivity contribution in [2.75, 3.05) is 0 Å². The van der Waals surface area contributed by atoms with E-state index in [0.717, 1.165) is 18.4 Å². The van der Waals surface area contributed by atoms with E-state index in [1.54, 1.807) is 18.2 Å². The Kier molecular flexibility index (Phi) is 6.04. The number of benzene rings is 1. The van der Waals surface area contributed by atoms with Crippen LogP contribution in [0.4, 0.5) is 0 Å². The second-order valence-electron chi connectivity index (χ2n) is 4.78. The van der Waals surface area contributed by atoms with Gasteiger partial charge in [0.15, 0.2) is 0 Å². The maximum absolute atomic E-state index is 10.5. The number of hydrogen-bond acceptors (Lipinski definition) is 3. The summed E-state index contributed by atoms with van der Waals surface area (Å²) in [7, 11) is 0. The fourth-order valence-corrected chi connectivity index (χ4v) is 1.86. The highest BCUT2D eigenvalue weighted by Crippen LogP contribution is 2.10. The highest BCUT2D eigenvalue weighted by molar-refractivity contribution is 5.37. The van der Waals surface area contributed by atoms with Crippen molar-refractivity contribution in [3.8, 4) is 11.8 Å². The van der Waals surface area contributed by atoms with Crippen molar-refractivity contribution >= 4 is 0 Å². The fraction of sp³-hybridized carbons (Fsp3) is 0.467. The van der Waals surface area contributed by atoms with Crippen molar-refractivity contribution in [3.63, 3.8) is 0 Å².